The minimum atomic E-state index is -3.50. The Bertz CT molecular complexity index is 1250. The number of benzene rings is 1. The summed E-state index contributed by atoms with van der Waals surface area (Å²) in [7, 11) is -3.50. The second-order valence-corrected chi connectivity index (χ2v) is 9.96. The maximum absolute atomic E-state index is 13.5. The second kappa shape index (κ2) is 8.34. The van der Waals surface area contributed by atoms with Gasteiger partial charge in [0.05, 0.1) is 24.3 Å². The number of aromatic nitrogens is 4. The van der Waals surface area contributed by atoms with Gasteiger partial charge in [-0.25, -0.2) is 23.7 Å². The first-order valence-corrected chi connectivity index (χ1v) is 12.3. The summed E-state index contributed by atoms with van der Waals surface area (Å²) < 4.78 is 54.6. The van der Waals surface area contributed by atoms with Crippen molar-refractivity contribution in [2.45, 2.75) is 31.4 Å². The molecule has 1 fully saturated rings. The number of halogens is 2. The van der Waals surface area contributed by atoms with Crippen molar-refractivity contribution in [3.63, 3.8) is 0 Å². The van der Waals surface area contributed by atoms with Crippen molar-refractivity contribution in [3.8, 4) is 11.3 Å². The van der Waals surface area contributed by atoms with Crippen molar-refractivity contribution >= 4 is 22.0 Å². The number of nitrogens with one attached hydrogen (secondary N) is 2. The normalized spacial score (nSPS) is 18.6. The Morgan fingerprint density at radius 2 is 1.76 bits per heavy atom. The summed E-state index contributed by atoms with van der Waals surface area (Å²) in [6.07, 6.45) is 7.38. The van der Waals surface area contributed by atoms with E-state index >= 15 is 0 Å². The monoisotopic (exact) mass is 476 g/mol. The van der Waals surface area contributed by atoms with Crippen LogP contribution in [0.4, 0.5) is 20.7 Å². The Labute approximate surface area is 189 Å². The molecule has 2 N–H and O–H groups in total. The van der Waals surface area contributed by atoms with E-state index < -0.39 is 27.9 Å². The lowest BCUT2D eigenvalue weighted by Crippen LogP contribution is -2.25. The lowest BCUT2D eigenvalue weighted by molar-refractivity contribution is 0.234. The lowest BCUT2D eigenvalue weighted by Gasteiger charge is -2.14. The van der Waals surface area contributed by atoms with E-state index in [1.54, 1.807) is 18.6 Å². The third-order valence-corrected chi connectivity index (χ3v) is 6.41. The predicted octanol–water partition coefficient (Wildman–Crippen LogP) is 2.28. The smallest absolute Gasteiger partial charge is 0.264 e. The number of nitrogens with zero attached hydrogens (tertiary/aromatic N) is 4. The number of H-pyrrole nitrogens is 1. The van der Waals surface area contributed by atoms with Crippen LogP contribution in [0.1, 0.15) is 17.5 Å². The summed E-state index contributed by atoms with van der Waals surface area (Å²) in [6, 6.07) is 2.47. The number of anilines is 2. The Kier molecular flexibility index (Phi) is 5.49. The van der Waals surface area contributed by atoms with Gasteiger partial charge >= 0.3 is 0 Å². The molecule has 0 radical (unpaired) electrons. The molecule has 12 heteroatoms. The molecule has 0 saturated carbocycles. The highest BCUT2D eigenvalue weighted by atomic mass is 32.2. The fourth-order valence-corrected chi connectivity index (χ4v) is 4.95. The first-order chi connectivity index (χ1) is 15.7. The molecule has 3 aromatic rings. The highest BCUT2D eigenvalue weighted by molar-refractivity contribution is 7.86. The molecule has 0 spiro atoms. The fourth-order valence-electron chi connectivity index (χ4n) is 4.30. The standard InChI is InChI=1S/C21H22F2N6O3S/c1-33(30,31)32-16-2-3-29(11-16)21-26-10-19(28-21)14-8-24-20(25-9-14)27-15-4-12-6-17(22)18(23)7-13(12)5-15/h6-10,15-16H,2-5,11H2,1H3,(H,26,28)(H,24,25,27). The van der Waals surface area contributed by atoms with Gasteiger partial charge in [0.15, 0.2) is 11.6 Å². The summed E-state index contributed by atoms with van der Waals surface area (Å²) >= 11 is 0. The largest absolute Gasteiger partial charge is 0.351 e. The van der Waals surface area contributed by atoms with Crippen LogP contribution in [0.5, 0.6) is 0 Å². The average molecular weight is 477 g/mol. The van der Waals surface area contributed by atoms with E-state index in [9.17, 15) is 17.2 Å². The number of imidazole rings is 1. The van der Waals surface area contributed by atoms with E-state index in [1.807, 2.05) is 4.90 Å². The van der Waals surface area contributed by atoms with Crippen LogP contribution in [0, 0.1) is 11.6 Å². The minimum absolute atomic E-state index is 0.0388. The van der Waals surface area contributed by atoms with Gasteiger partial charge in [-0.3, -0.25) is 4.18 Å². The van der Waals surface area contributed by atoms with Crippen LogP contribution in [-0.2, 0) is 27.1 Å². The number of hydrogen-bond acceptors (Lipinski definition) is 8. The zero-order chi connectivity index (χ0) is 23.2. The van der Waals surface area contributed by atoms with Crippen molar-refractivity contribution in [2.24, 2.45) is 0 Å². The van der Waals surface area contributed by atoms with E-state index in [1.165, 1.54) is 12.1 Å². The first-order valence-electron chi connectivity index (χ1n) is 10.5. The Morgan fingerprint density at radius 1 is 1.09 bits per heavy atom. The van der Waals surface area contributed by atoms with E-state index in [2.05, 4.69) is 25.3 Å². The molecule has 2 aromatic heterocycles. The van der Waals surface area contributed by atoms with Crippen LogP contribution in [0.25, 0.3) is 11.3 Å². The minimum Gasteiger partial charge on any atom is -0.351 e. The van der Waals surface area contributed by atoms with Gasteiger partial charge < -0.3 is 15.2 Å². The quantitative estimate of drug-likeness (QED) is 0.521. The summed E-state index contributed by atoms with van der Waals surface area (Å²) in [5, 5.41) is 3.21. The molecule has 1 aliphatic carbocycles. The SMILES string of the molecule is CS(=O)(=O)OC1CCN(c2ncc(-c3cnc(NC4Cc5cc(F)c(F)cc5C4)nc3)[nH]2)C1. The van der Waals surface area contributed by atoms with Crippen molar-refractivity contribution in [3.05, 3.63) is 53.5 Å². The molecule has 0 amide bonds. The van der Waals surface area contributed by atoms with Crippen LogP contribution >= 0.6 is 0 Å². The molecule has 3 heterocycles. The van der Waals surface area contributed by atoms with Gasteiger partial charge in [-0.2, -0.15) is 8.42 Å². The van der Waals surface area contributed by atoms with Crippen LogP contribution in [-0.4, -0.2) is 59.8 Å². The zero-order valence-electron chi connectivity index (χ0n) is 17.8. The van der Waals surface area contributed by atoms with Crippen molar-refractivity contribution in [2.75, 3.05) is 29.6 Å². The average Bonchev–Trinajstić information content (AvgIpc) is 3.48. The molecule has 1 saturated heterocycles. The van der Waals surface area contributed by atoms with Gasteiger partial charge in [0.25, 0.3) is 10.1 Å². The third-order valence-electron chi connectivity index (χ3n) is 5.79. The molecule has 33 heavy (non-hydrogen) atoms. The number of aromatic amines is 1. The van der Waals surface area contributed by atoms with Crippen LogP contribution < -0.4 is 10.2 Å². The molecule has 1 aliphatic heterocycles. The highest BCUT2D eigenvalue weighted by Crippen LogP contribution is 2.27. The molecule has 0 bridgehead atoms. The summed E-state index contributed by atoms with van der Waals surface area (Å²) in [4.78, 5) is 18.2. The van der Waals surface area contributed by atoms with E-state index in [4.69, 9.17) is 4.18 Å². The highest BCUT2D eigenvalue weighted by Gasteiger charge is 2.28. The van der Waals surface area contributed by atoms with Gasteiger partial charge in [0.1, 0.15) is 0 Å². The topological polar surface area (TPSA) is 113 Å². The molecule has 174 valence electrons. The molecular weight excluding hydrogens is 454 g/mol. The Hall–Kier alpha value is -3.12. The summed E-state index contributed by atoms with van der Waals surface area (Å²) in [5.74, 6) is -0.616. The van der Waals surface area contributed by atoms with Gasteiger partial charge in [0.2, 0.25) is 11.9 Å². The lowest BCUT2D eigenvalue weighted by atomic mass is 10.1. The van der Waals surface area contributed by atoms with Crippen molar-refractivity contribution in [1.29, 1.82) is 0 Å². The predicted molar refractivity (Wildman–Crippen MR) is 117 cm³/mol. The molecule has 2 aliphatic rings. The third kappa shape index (κ3) is 4.81. The number of rotatable bonds is 6. The Morgan fingerprint density at radius 3 is 2.39 bits per heavy atom. The van der Waals surface area contributed by atoms with Gasteiger partial charge in [-0.05, 0) is 42.5 Å². The van der Waals surface area contributed by atoms with E-state index in [0.717, 1.165) is 28.6 Å². The summed E-state index contributed by atoms with van der Waals surface area (Å²) in [5.41, 5.74) is 3.04. The molecule has 1 atom stereocenters. The van der Waals surface area contributed by atoms with Crippen molar-refractivity contribution in [1.82, 2.24) is 19.9 Å². The first kappa shape index (κ1) is 21.7. The van der Waals surface area contributed by atoms with Crippen LogP contribution in [0.15, 0.2) is 30.7 Å². The van der Waals surface area contributed by atoms with E-state index in [-0.39, 0.29) is 6.04 Å². The fraction of sp³-hybridized carbons (Fsp3) is 0.381. The van der Waals surface area contributed by atoms with Gasteiger partial charge in [-0.15, -0.1) is 0 Å². The summed E-state index contributed by atoms with van der Waals surface area (Å²) in [6.45, 7) is 1.06. The molecule has 1 aromatic carbocycles. The van der Waals surface area contributed by atoms with Gasteiger partial charge in [-0.1, -0.05) is 0 Å². The maximum Gasteiger partial charge on any atom is 0.264 e. The molecular formula is C21H22F2N6O3S. The second-order valence-electron chi connectivity index (χ2n) is 8.36. The Balaban J connectivity index is 1.21. The number of fused-ring (bicyclic) bond motifs is 1. The molecule has 1 unspecified atom stereocenters. The zero-order valence-corrected chi connectivity index (χ0v) is 18.6. The van der Waals surface area contributed by atoms with Crippen molar-refractivity contribution < 1.29 is 21.4 Å². The van der Waals surface area contributed by atoms with E-state index in [0.29, 0.717) is 44.2 Å². The number of hydrogen-bond donors (Lipinski definition) is 2. The molecule has 5 rings (SSSR count). The van der Waals surface area contributed by atoms with Crippen LogP contribution in [0.3, 0.4) is 0 Å². The van der Waals surface area contributed by atoms with Gasteiger partial charge in [0, 0.05) is 37.1 Å². The van der Waals surface area contributed by atoms with Crippen LogP contribution in [0.2, 0.25) is 0 Å². The maximum atomic E-state index is 13.5. The molecule has 9 nitrogen and oxygen atoms in total.